The van der Waals surface area contributed by atoms with Crippen molar-refractivity contribution in [2.45, 2.75) is 32.3 Å². The Bertz CT molecular complexity index is 52.9. The summed E-state index contributed by atoms with van der Waals surface area (Å²) in [6.45, 7) is 2.13. The Morgan fingerprint density at radius 1 is 1.56 bits per heavy atom. The first-order chi connectivity index (χ1) is 4.35. The number of rotatable bonds is 5. The van der Waals surface area contributed by atoms with Gasteiger partial charge in [0, 0.05) is 13.0 Å². The normalized spacial score (nSPS) is 13.7. The molecular weight excluding hydrogens is 136 g/mol. The zero-order chi connectivity index (χ0) is 7.11. The van der Waals surface area contributed by atoms with Crippen molar-refractivity contribution in [2.24, 2.45) is 0 Å². The molecule has 0 fully saturated rings. The molecule has 0 saturated carbocycles. The predicted molar refractivity (Wildman–Crippen MR) is 41.0 cm³/mol. The summed E-state index contributed by atoms with van der Waals surface area (Å²) >= 11 is 5.50. The van der Waals surface area contributed by atoms with Crippen LogP contribution in [0.15, 0.2) is 0 Å². The quantitative estimate of drug-likeness (QED) is 0.547. The number of halogens is 1. The lowest BCUT2D eigenvalue weighted by atomic mass is 10.2. The third-order valence-electron chi connectivity index (χ3n) is 1.45. The minimum Gasteiger partial charge on any atom is -0.381 e. The fraction of sp³-hybridized carbons (Fsp3) is 1.00. The van der Waals surface area contributed by atoms with Crippen molar-refractivity contribution in [3.8, 4) is 0 Å². The summed E-state index contributed by atoms with van der Waals surface area (Å²) in [5.41, 5.74) is 0. The Balaban J connectivity index is 3.09. The summed E-state index contributed by atoms with van der Waals surface area (Å²) in [5.74, 6) is 0.750. The highest BCUT2D eigenvalue weighted by Crippen LogP contribution is 2.05. The van der Waals surface area contributed by atoms with Crippen molar-refractivity contribution in [1.82, 2.24) is 0 Å². The molecule has 0 saturated heterocycles. The van der Waals surface area contributed by atoms with E-state index in [1.807, 2.05) is 0 Å². The molecule has 9 heavy (non-hydrogen) atoms. The number of hydrogen-bond donors (Lipinski definition) is 0. The highest BCUT2D eigenvalue weighted by Gasteiger charge is 2.01. The van der Waals surface area contributed by atoms with Crippen molar-refractivity contribution < 1.29 is 4.74 Å². The molecule has 0 aromatic rings. The molecule has 0 bridgehead atoms. The molecule has 0 aromatic carbocycles. The molecule has 1 atom stereocenters. The standard InChI is InChI=1S/C7H15ClO/c1-3-7(9-2)5-4-6-8/h7H,3-6H2,1-2H3. The van der Waals surface area contributed by atoms with Gasteiger partial charge in [-0.25, -0.2) is 0 Å². The van der Waals surface area contributed by atoms with Gasteiger partial charge in [-0.1, -0.05) is 6.92 Å². The van der Waals surface area contributed by atoms with Crippen LogP contribution >= 0.6 is 11.6 Å². The van der Waals surface area contributed by atoms with Crippen LogP contribution in [0.2, 0.25) is 0 Å². The lowest BCUT2D eigenvalue weighted by Crippen LogP contribution is -2.08. The van der Waals surface area contributed by atoms with Gasteiger partial charge in [-0.2, -0.15) is 0 Å². The third kappa shape index (κ3) is 4.73. The van der Waals surface area contributed by atoms with Crippen molar-refractivity contribution in [3.63, 3.8) is 0 Å². The molecule has 0 aliphatic carbocycles. The molecule has 0 rings (SSSR count). The Morgan fingerprint density at radius 2 is 2.22 bits per heavy atom. The van der Waals surface area contributed by atoms with E-state index in [9.17, 15) is 0 Å². The van der Waals surface area contributed by atoms with Gasteiger partial charge in [-0.3, -0.25) is 0 Å². The smallest absolute Gasteiger partial charge is 0.0569 e. The van der Waals surface area contributed by atoms with E-state index < -0.39 is 0 Å². The van der Waals surface area contributed by atoms with Gasteiger partial charge in [0.15, 0.2) is 0 Å². The van der Waals surface area contributed by atoms with Crippen LogP contribution in [0, 0.1) is 0 Å². The molecular formula is C7H15ClO. The Hall–Kier alpha value is 0.250. The Labute approximate surface area is 62.3 Å². The second kappa shape index (κ2) is 6.37. The first-order valence-electron chi connectivity index (χ1n) is 3.43. The number of hydrogen-bond acceptors (Lipinski definition) is 1. The highest BCUT2D eigenvalue weighted by atomic mass is 35.5. The van der Waals surface area contributed by atoms with Gasteiger partial charge in [0.25, 0.3) is 0 Å². The fourth-order valence-corrected chi connectivity index (χ4v) is 0.948. The average molecular weight is 151 g/mol. The van der Waals surface area contributed by atoms with Crippen molar-refractivity contribution >= 4 is 11.6 Å². The van der Waals surface area contributed by atoms with Crippen LogP contribution in [0.5, 0.6) is 0 Å². The van der Waals surface area contributed by atoms with Crippen LogP contribution in [-0.4, -0.2) is 19.1 Å². The molecule has 56 valence electrons. The minimum absolute atomic E-state index is 0.420. The van der Waals surface area contributed by atoms with Crippen LogP contribution < -0.4 is 0 Å². The largest absolute Gasteiger partial charge is 0.381 e. The summed E-state index contributed by atoms with van der Waals surface area (Å²) < 4.78 is 5.14. The van der Waals surface area contributed by atoms with Gasteiger partial charge in [0.05, 0.1) is 6.10 Å². The maximum absolute atomic E-state index is 5.50. The summed E-state index contributed by atoms with van der Waals surface area (Å²) in [7, 11) is 1.75. The molecule has 0 aromatic heterocycles. The lowest BCUT2D eigenvalue weighted by molar-refractivity contribution is 0.0917. The average Bonchev–Trinajstić information content (AvgIpc) is 1.91. The van der Waals surface area contributed by atoms with Crippen LogP contribution in [0.3, 0.4) is 0 Å². The molecule has 0 spiro atoms. The maximum atomic E-state index is 5.50. The first-order valence-corrected chi connectivity index (χ1v) is 3.97. The van der Waals surface area contributed by atoms with Crippen molar-refractivity contribution in [1.29, 1.82) is 0 Å². The topological polar surface area (TPSA) is 9.23 Å². The zero-order valence-corrected chi connectivity index (χ0v) is 6.95. The summed E-state index contributed by atoms with van der Waals surface area (Å²) in [6.07, 6.45) is 3.67. The van der Waals surface area contributed by atoms with Crippen LogP contribution in [0.1, 0.15) is 26.2 Å². The first kappa shape index (κ1) is 9.25. The molecule has 0 amide bonds. The van der Waals surface area contributed by atoms with Crippen LogP contribution in [0.4, 0.5) is 0 Å². The fourth-order valence-electron chi connectivity index (χ4n) is 0.793. The van der Waals surface area contributed by atoms with E-state index in [0.29, 0.717) is 6.10 Å². The number of alkyl halides is 1. The van der Waals surface area contributed by atoms with E-state index in [0.717, 1.165) is 25.1 Å². The second-order valence-electron chi connectivity index (χ2n) is 2.10. The van der Waals surface area contributed by atoms with E-state index in [1.54, 1.807) is 7.11 Å². The van der Waals surface area contributed by atoms with E-state index in [-0.39, 0.29) is 0 Å². The summed E-state index contributed by atoms with van der Waals surface area (Å²) in [5, 5.41) is 0. The van der Waals surface area contributed by atoms with Gasteiger partial charge in [0.1, 0.15) is 0 Å². The maximum Gasteiger partial charge on any atom is 0.0569 e. The molecule has 2 heteroatoms. The van der Waals surface area contributed by atoms with Gasteiger partial charge in [0.2, 0.25) is 0 Å². The van der Waals surface area contributed by atoms with Crippen molar-refractivity contribution in [2.75, 3.05) is 13.0 Å². The summed E-state index contributed by atoms with van der Waals surface area (Å²) in [4.78, 5) is 0. The monoisotopic (exact) mass is 150 g/mol. The Kier molecular flexibility index (Phi) is 6.55. The second-order valence-corrected chi connectivity index (χ2v) is 2.48. The minimum atomic E-state index is 0.420. The van der Waals surface area contributed by atoms with Gasteiger partial charge < -0.3 is 4.74 Å². The van der Waals surface area contributed by atoms with Crippen LogP contribution in [-0.2, 0) is 4.74 Å². The van der Waals surface area contributed by atoms with E-state index in [1.165, 1.54) is 0 Å². The molecule has 0 aliphatic rings. The van der Waals surface area contributed by atoms with Crippen molar-refractivity contribution in [3.05, 3.63) is 0 Å². The molecule has 0 aliphatic heterocycles. The molecule has 0 N–H and O–H groups in total. The lowest BCUT2D eigenvalue weighted by Gasteiger charge is -2.10. The highest BCUT2D eigenvalue weighted by molar-refractivity contribution is 6.17. The van der Waals surface area contributed by atoms with E-state index in [2.05, 4.69) is 6.92 Å². The number of ether oxygens (including phenoxy) is 1. The van der Waals surface area contributed by atoms with Crippen LogP contribution in [0.25, 0.3) is 0 Å². The van der Waals surface area contributed by atoms with Gasteiger partial charge in [-0.15, -0.1) is 11.6 Å². The van der Waals surface area contributed by atoms with Gasteiger partial charge >= 0.3 is 0 Å². The summed E-state index contributed by atoms with van der Waals surface area (Å²) in [6, 6.07) is 0. The number of methoxy groups -OCH3 is 1. The SMILES string of the molecule is CCC(CCCCl)OC. The molecule has 0 heterocycles. The van der Waals surface area contributed by atoms with Gasteiger partial charge in [-0.05, 0) is 19.3 Å². The molecule has 1 unspecified atom stereocenters. The Morgan fingerprint density at radius 3 is 2.56 bits per heavy atom. The zero-order valence-electron chi connectivity index (χ0n) is 6.19. The molecule has 1 nitrogen and oxygen atoms in total. The predicted octanol–water partition coefficient (Wildman–Crippen LogP) is 2.43. The van der Waals surface area contributed by atoms with E-state index >= 15 is 0 Å². The molecule has 0 radical (unpaired) electrons. The van der Waals surface area contributed by atoms with E-state index in [4.69, 9.17) is 16.3 Å². The third-order valence-corrected chi connectivity index (χ3v) is 1.72.